The first-order chi connectivity index (χ1) is 8.10. The monoisotopic (exact) mass is 299 g/mol. The van der Waals surface area contributed by atoms with Gasteiger partial charge >= 0.3 is 0 Å². The largest absolute Gasteiger partial charge is 0.395 e. The maximum Gasteiger partial charge on any atom is 0.0772 e. The van der Waals surface area contributed by atoms with Crippen molar-refractivity contribution in [3.8, 4) is 0 Å². The Balaban J connectivity index is 2.97. The van der Waals surface area contributed by atoms with Crippen LogP contribution in [0, 0.1) is 0 Å². The van der Waals surface area contributed by atoms with Crippen molar-refractivity contribution in [2.24, 2.45) is 0 Å². The molecule has 0 saturated carbocycles. The van der Waals surface area contributed by atoms with Crippen LogP contribution in [-0.2, 0) is 0 Å². The first kappa shape index (κ1) is 14.2. The van der Waals surface area contributed by atoms with E-state index in [-0.39, 0.29) is 6.61 Å². The average Bonchev–Trinajstić information content (AvgIpc) is 2.28. The van der Waals surface area contributed by atoms with Crippen molar-refractivity contribution < 1.29 is 10.2 Å². The van der Waals surface area contributed by atoms with E-state index in [1.165, 1.54) is 0 Å². The molecule has 0 heterocycles. The molecule has 0 aromatic heterocycles. The minimum Gasteiger partial charge on any atom is -0.395 e. The number of rotatable bonds is 6. The van der Waals surface area contributed by atoms with Crippen LogP contribution in [0.2, 0.25) is 0 Å². The van der Waals surface area contributed by atoms with Gasteiger partial charge in [-0.25, -0.2) is 0 Å². The Bertz CT molecular complexity index is 380. The van der Waals surface area contributed by atoms with Crippen molar-refractivity contribution in [3.05, 3.63) is 40.9 Å². The third-order valence-corrected chi connectivity index (χ3v) is 3.21. The van der Waals surface area contributed by atoms with Crippen molar-refractivity contribution >= 4 is 21.6 Å². The molecule has 0 amide bonds. The highest BCUT2D eigenvalue weighted by Gasteiger charge is 2.10. The van der Waals surface area contributed by atoms with Crippen molar-refractivity contribution in [1.29, 1.82) is 0 Å². The van der Waals surface area contributed by atoms with Gasteiger partial charge in [0.15, 0.2) is 0 Å². The van der Waals surface area contributed by atoms with Gasteiger partial charge in [0.05, 0.1) is 12.7 Å². The lowest BCUT2D eigenvalue weighted by Gasteiger charge is -2.23. The van der Waals surface area contributed by atoms with Gasteiger partial charge in [0.25, 0.3) is 0 Å². The lowest BCUT2D eigenvalue weighted by Crippen LogP contribution is -2.26. The maximum absolute atomic E-state index is 9.54. The van der Waals surface area contributed by atoms with E-state index < -0.39 is 6.10 Å². The Morgan fingerprint density at radius 1 is 1.53 bits per heavy atom. The van der Waals surface area contributed by atoms with E-state index in [1.54, 1.807) is 13.0 Å². The summed E-state index contributed by atoms with van der Waals surface area (Å²) in [7, 11) is 0. The van der Waals surface area contributed by atoms with Gasteiger partial charge in [0.2, 0.25) is 0 Å². The number of benzene rings is 1. The predicted molar refractivity (Wildman–Crippen MR) is 74.3 cm³/mol. The highest BCUT2D eigenvalue weighted by Crippen LogP contribution is 2.28. The summed E-state index contributed by atoms with van der Waals surface area (Å²) in [6, 6.07) is 5.77. The quantitative estimate of drug-likeness (QED) is 0.793. The number of aliphatic hydroxyl groups is 2. The number of hydrogen-bond acceptors (Lipinski definition) is 3. The van der Waals surface area contributed by atoms with Crippen LogP contribution >= 0.6 is 15.9 Å². The number of aliphatic hydroxyl groups excluding tert-OH is 2. The van der Waals surface area contributed by atoms with Gasteiger partial charge in [0.1, 0.15) is 0 Å². The van der Waals surface area contributed by atoms with E-state index in [0.717, 1.165) is 15.7 Å². The van der Waals surface area contributed by atoms with E-state index in [4.69, 9.17) is 5.11 Å². The van der Waals surface area contributed by atoms with Crippen molar-refractivity contribution in [2.45, 2.75) is 13.0 Å². The topological polar surface area (TPSA) is 43.7 Å². The van der Waals surface area contributed by atoms with Gasteiger partial charge < -0.3 is 15.1 Å². The number of hydrogen-bond donors (Lipinski definition) is 2. The molecule has 2 N–H and O–H groups in total. The zero-order chi connectivity index (χ0) is 12.8. The predicted octanol–water partition coefficient (Wildman–Crippen LogP) is 2.49. The van der Waals surface area contributed by atoms with Crippen LogP contribution < -0.4 is 4.90 Å². The Labute approximate surface area is 111 Å². The lowest BCUT2D eigenvalue weighted by molar-refractivity contribution is 0.198. The zero-order valence-electron chi connectivity index (χ0n) is 9.93. The Morgan fingerprint density at radius 2 is 2.24 bits per heavy atom. The Morgan fingerprint density at radius 3 is 2.71 bits per heavy atom. The molecule has 94 valence electrons. The van der Waals surface area contributed by atoms with Crippen LogP contribution in [0.4, 0.5) is 5.69 Å². The fourth-order valence-corrected chi connectivity index (χ4v) is 2.35. The second-order valence-corrected chi connectivity index (χ2v) is 4.69. The summed E-state index contributed by atoms with van der Waals surface area (Å²) in [6.07, 6.45) is 1.30. The van der Waals surface area contributed by atoms with E-state index >= 15 is 0 Å². The summed E-state index contributed by atoms with van der Waals surface area (Å²) in [4.78, 5) is 2.02. The molecule has 1 unspecified atom stereocenters. The molecule has 1 atom stereocenters. The molecule has 0 aliphatic rings. The van der Waals surface area contributed by atoms with Crippen molar-refractivity contribution in [1.82, 2.24) is 0 Å². The smallest absolute Gasteiger partial charge is 0.0772 e. The molecule has 0 aliphatic heterocycles. The first-order valence-electron chi connectivity index (χ1n) is 5.54. The molecule has 1 aromatic carbocycles. The summed E-state index contributed by atoms with van der Waals surface area (Å²) in [5.74, 6) is 0. The third-order valence-electron chi connectivity index (χ3n) is 2.52. The summed E-state index contributed by atoms with van der Waals surface area (Å²) < 4.78 is 0.872. The summed E-state index contributed by atoms with van der Waals surface area (Å²) in [5.41, 5.74) is 1.85. The zero-order valence-corrected chi connectivity index (χ0v) is 11.5. The number of nitrogens with zero attached hydrogens (tertiary/aromatic N) is 1. The van der Waals surface area contributed by atoms with E-state index in [1.807, 2.05) is 23.1 Å². The van der Waals surface area contributed by atoms with Gasteiger partial charge in [-0.1, -0.05) is 28.1 Å². The fourth-order valence-electron chi connectivity index (χ4n) is 1.65. The van der Waals surface area contributed by atoms with Crippen molar-refractivity contribution in [2.75, 3.05) is 24.6 Å². The minimum absolute atomic E-state index is 0.101. The molecular weight excluding hydrogens is 282 g/mol. The Hall–Kier alpha value is -0.840. The molecule has 0 radical (unpaired) electrons. The second kappa shape index (κ2) is 6.79. The molecule has 17 heavy (non-hydrogen) atoms. The van der Waals surface area contributed by atoms with E-state index in [9.17, 15) is 5.11 Å². The second-order valence-electron chi connectivity index (χ2n) is 3.84. The number of halogens is 1. The molecule has 0 saturated heterocycles. The molecule has 0 spiro atoms. The lowest BCUT2D eigenvalue weighted by atomic mass is 10.1. The van der Waals surface area contributed by atoms with Crippen LogP contribution in [0.1, 0.15) is 18.6 Å². The highest BCUT2D eigenvalue weighted by molar-refractivity contribution is 9.10. The highest BCUT2D eigenvalue weighted by atomic mass is 79.9. The summed E-state index contributed by atoms with van der Waals surface area (Å²) in [5, 5.41) is 18.6. The van der Waals surface area contributed by atoms with Gasteiger partial charge in [0, 0.05) is 23.2 Å². The van der Waals surface area contributed by atoms with Crippen LogP contribution in [0.25, 0.3) is 0 Å². The normalized spacial score (nSPS) is 12.2. The summed E-state index contributed by atoms with van der Waals surface area (Å²) in [6.45, 7) is 6.78. The molecule has 3 nitrogen and oxygen atoms in total. The van der Waals surface area contributed by atoms with E-state index in [0.29, 0.717) is 13.1 Å². The van der Waals surface area contributed by atoms with Gasteiger partial charge in [-0.05, 0) is 24.6 Å². The molecule has 0 bridgehead atoms. The van der Waals surface area contributed by atoms with Gasteiger partial charge in [-0.2, -0.15) is 0 Å². The minimum atomic E-state index is -0.496. The standard InChI is InChI=1S/C13H18BrNO2/c1-3-6-15(7-8-16)11-4-5-12(10(2)17)13(14)9-11/h3-5,9-10,16-17H,1,6-8H2,2H3. The molecular formula is C13H18BrNO2. The fraction of sp³-hybridized carbons (Fsp3) is 0.385. The molecule has 4 heteroatoms. The average molecular weight is 300 g/mol. The SMILES string of the molecule is C=CCN(CCO)c1ccc(C(C)O)c(Br)c1. The molecule has 1 aromatic rings. The maximum atomic E-state index is 9.54. The third kappa shape index (κ3) is 3.84. The van der Waals surface area contributed by atoms with Crippen LogP contribution in [0.15, 0.2) is 35.3 Å². The molecule has 1 rings (SSSR count). The van der Waals surface area contributed by atoms with Crippen LogP contribution in [-0.4, -0.2) is 29.9 Å². The summed E-state index contributed by atoms with van der Waals surface area (Å²) >= 11 is 3.44. The Kier molecular flexibility index (Phi) is 5.68. The first-order valence-corrected chi connectivity index (χ1v) is 6.33. The number of anilines is 1. The van der Waals surface area contributed by atoms with Crippen molar-refractivity contribution in [3.63, 3.8) is 0 Å². The van der Waals surface area contributed by atoms with Gasteiger partial charge in [-0.15, -0.1) is 6.58 Å². The van der Waals surface area contributed by atoms with Gasteiger partial charge in [-0.3, -0.25) is 0 Å². The van der Waals surface area contributed by atoms with E-state index in [2.05, 4.69) is 22.5 Å². The van der Waals surface area contributed by atoms with Crippen LogP contribution in [0.3, 0.4) is 0 Å². The molecule has 0 aliphatic carbocycles. The molecule has 0 fully saturated rings. The van der Waals surface area contributed by atoms with Crippen LogP contribution in [0.5, 0.6) is 0 Å².